The lowest BCUT2D eigenvalue weighted by Gasteiger charge is -2.38. The summed E-state index contributed by atoms with van der Waals surface area (Å²) in [5.74, 6) is -0.0202. The van der Waals surface area contributed by atoms with Crippen molar-refractivity contribution in [2.75, 3.05) is 13.4 Å². The van der Waals surface area contributed by atoms with Crippen molar-refractivity contribution in [3.8, 4) is 17.2 Å². The average molecular weight is 415 g/mol. The van der Waals surface area contributed by atoms with E-state index in [1.807, 2.05) is 6.92 Å². The van der Waals surface area contributed by atoms with Gasteiger partial charge in [0, 0.05) is 18.8 Å². The molecule has 1 fully saturated rings. The molecule has 0 bridgehead atoms. The molecule has 0 saturated carbocycles. The number of benzene rings is 1. The minimum Gasteiger partial charge on any atom is -0.503 e. The van der Waals surface area contributed by atoms with Crippen molar-refractivity contribution in [1.29, 1.82) is 0 Å². The highest BCUT2D eigenvalue weighted by molar-refractivity contribution is 5.94. The fourth-order valence-electron chi connectivity index (χ4n) is 4.14. The van der Waals surface area contributed by atoms with Crippen LogP contribution in [0.2, 0.25) is 0 Å². The van der Waals surface area contributed by atoms with E-state index in [0.29, 0.717) is 18.1 Å². The monoisotopic (exact) mass is 415 g/mol. The number of aromatic hydroxyl groups is 1. The lowest BCUT2D eigenvalue weighted by molar-refractivity contribution is -0.105. The molecule has 1 saturated heterocycles. The van der Waals surface area contributed by atoms with Crippen molar-refractivity contribution in [2.45, 2.75) is 38.5 Å². The highest BCUT2D eigenvalue weighted by atomic mass is 16.7. The zero-order chi connectivity index (χ0) is 21.0. The number of aromatic nitrogens is 1. The number of hydrogen-bond acceptors (Lipinski definition) is 8. The van der Waals surface area contributed by atoms with Crippen LogP contribution in [0, 0.1) is 0 Å². The zero-order valence-corrected chi connectivity index (χ0v) is 16.2. The second kappa shape index (κ2) is 7.01. The van der Waals surface area contributed by atoms with E-state index in [2.05, 4.69) is 5.32 Å². The summed E-state index contributed by atoms with van der Waals surface area (Å²) in [4.78, 5) is 27.0. The summed E-state index contributed by atoms with van der Waals surface area (Å²) in [6.45, 7) is 2.93. The molecule has 3 atom stereocenters. The van der Waals surface area contributed by atoms with Crippen LogP contribution in [0.25, 0.3) is 0 Å². The van der Waals surface area contributed by atoms with Crippen LogP contribution in [-0.4, -0.2) is 51.3 Å². The molecule has 0 spiro atoms. The average Bonchev–Trinajstić information content (AvgIpc) is 3.35. The Balaban J connectivity index is 1.39. The molecule has 0 aliphatic carbocycles. The molecular formula is C20H21N3O7. The number of aliphatic hydroxyl groups is 1. The van der Waals surface area contributed by atoms with E-state index in [0.717, 1.165) is 5.56 Å². The standard InChI is InChI=1S/C20H21N3O7/c1-10-8-28-15-7-22-6-12(17(24)18(25)16(22)20(27)23(10)15)19(26)21-5-11-2-3-13-14(4-11)30-9-29-13/h2-4,6,10,15,20,25,27H,5,7-9H2,1H3,(H,21,26)/t10-,15+,20?/m0/s1. The van der Waals surface area contributed by atoms with Crippen molar-refractivity contribution >= 4 is 5.91 Å². The predicted molar refractivity (Wildman–Crippen MR) is 102 cm³/mol. The lowest BCUT2D eigenvalue weighted by Crippen LogP contribution is -2.47. The van der Waals surface area contributed by atoms with E-state index in [9.17, 15) is 19.8 Å². The maximum atomic E-state index is 12.7. The topological polar surface area (TPSA) is 122 Å². The molecule has 1 aromatic carbocycles. The summed E-state index contributed by atoms with van der Waals surface area (Å²) < 4.78 is 17.8. The van der Waals surface area contributed by atoms with Gasteiger partial charge in [-0.2, -0.15) is 0 Å². The van der Waals surface area contributed by atoms with Gasteiger partial charge < -0.3 is 34.3 Å². The van der Waals surface area contributed by atoms with Gasteiger partial charge in [0.15, 0.2) is 23.5 Å². The number of aliphatic hydroxyl groups excluding tert-OH is 1. The molecule has 2 aromatic rings. The second-order valence-corrected chi connectivity index (χ2v) is 7.59. The Morgan fingerprint density at radius 1 is 1.30 bits per heavy atom. The predicted octanol–water partition coefficient (Wildman–Crippen LogP) is 0.264. The number of carbonyl (C=O) groups excluding carboxylic acids is 1. The highest BCUT2D eigenvalue weighted by Crippen LogP contribution is 2.36. The molecule has 30 heavy (non-hydrogen) atoms. The van der Waals surface area contributed by atoms with Gasteiger partial charge in [-0.3, -0.25) is 9.59 Å². The van der Waals surface area contributed by atoms with Crippen LogP contribution in [0.3, 0.4) is 0 Å². The first-order valence-electron chi connectivity index (χ1n) is 9.64. The quantitative estimate of drug-likeness (QED) is 0.653. The maximum absolute atomic E-state index is 12.7. The molecule has 3 N–H and O–H groups in total. The fraction of sp³-hybridized carbons (Fsp3) is 0.400. The molecule has 3 aliphatic rings. The number of hydrogen-bond donors (Lipinski definition) is 3. The van der Waals surface area contributed by atoms with Crippen molar-refractivity contribution in [2.24, 2.45) is 0 Å². The third kappa shape index (κ3) is 2.92. The van der Waals surface area contributed by atoms with Gasteiger partial charge in [0.25, 0.3) is 5.91 Å². The number of carbonyl (C=O) groups is 1. The number of rotatable bonds is 3. The normalized spacial score (nSPS) is 24.4. The second-order valence-electron chi connectivity index (χ2n) is 7.59. The summed E-state index contributed by atoms with van der Waals surface area (Å²) >= 11 is 0. The third-order valence-electron chi connectivity index (χ3n) is 5.68. The molecule has 0 radical (unpaired) electrons. The van der Waals surface area contributed by atoms with E-state index in [1.54, 1.807) is 23.1 Å². The number of ether oxygens (including phenoxy) is 3. The van der Waals surface area contributed by atoms with Crippen molar-refractivity contribution in [1.82, 2.24) is 14.8 Å². The molecule has 1 unspecified atom stereocenters. The van der Waals surface area contributed by atoms with Crippen LogP contribution in [-0.2, 0) is 17.8 Å². The highest BCUT2D eigenvalue weighted by Gasteiger charge is 2.43. The van der Waals surface area contributed by atoms with E-state index < -0.39 is 29.5 Å². The van der Waals surface area contributed by atoms with Gasteiger partial charge in [0.2, 0.25) is 12.2 Å². The number of nitrogens with zero attached hydrogens (tertiary/aromatic N) is 2. The van der Waals surface area contributed by atoms with Gasteiger partial charge in [-0.1, -0.05) is 6.07 Å². The summed E-state index contributed by atoms with van der Waals surface area (Å²) in [7, 11) is 0. The van der Waals surface area contributed by atoms with Crippen LogP contribution in [0.4, 0.5) is 0 Å². The summed E-state index contributed by atoms with van der Waals surface area (Å²) in [5.41, 5.74) is -0.186. The minimum atomic E-state index is -1.19. The molecular weight excluding hydrogens is 394 g/mol. The smallest absolute Gasteiger partial charge is 0.257 e. The fourth-order valence-corrected chi connectivity index (χ4v) is 4.14. The molecule has 3 aliphatic heterocycles. The lowest BCUT2D eigenvalue weighted by atomic mass is 10.1. The Kier molecular flexibility index (Phi) is 4.42. The largest absolute Gasteiger partial charge is 0.503 e. The van der Waals surface area contributed by atoms with E-state index in [4.69, 9.17) is 14.2 Å². The van der Waals surface area contributed by atoms with Gasteiger partial charge >= 0.3 is 0 Å². The molecule has 10 nitrogen and oxygen atoms in total. The Labute approximate surface area is 171 Å². The van der Waals surface area contributed by atoms with Gasteiger partial charge in [-0.25, -0.2) is 4.90 Å². The molecule has 5 rings (SSSR count). The molecule has 10 heteroatoms. The molecule has 1 aromatic heterocycles. The third-order valence-corrected chi connectivity index (χ3v) is 5.68. The number of pyridine rings is 1. The van der Waals surface area contributed by atoms with Gasteiger partial charge in [-0.15, -0.1) is 0 Å². The first-order chi connectivity index (χ1) is 14.4. The van der Waals surface area contributed by atoms with Crippen LogP contribution < -0.4 is 20.2 Å². The van der Waals surface area contributed by atoms with Crippen molar-refractivity contribution in [3.63, 3.8) is 0 Å². The Morgan fingerprint density at radius 3 is 2.93 bits per heavy atom. The van der Waals surface area contributed by atoms with E-state index in [-0.39, 0.29) is 37.2 Å². The Bertz CT molecular complexity index is 1080. The number of nitrogens with one attached hydrogen (secondary N) is 1. The Morgan fingerprint density at radius 2 is 2.10 bits per heavy atom. The van der Waals surface area contributed by atoms with Crippen LogP contribution in [0.15, 0.2) is 29.2 Å². The first kappa shape index (κ1) is 18.9. The molecule has 1 amide bonds. The zero-order valence-electron chi connectivity index (χ0n) is 16.2. The number of amides is 1. The van der Waals surface area contributed by atoms with Gasteiger partial charge in [0.05, 0.1) is 13.2 Å². The van der Waals surface area contributed by atoms with Crippen molar-refractivity contribution < 1.29 is 29.2 Å². The SMILES string of the molecule is C[C@H]1CO[C@@H]2Cn3cc(C(=O)NCc4ccc5c(c4)OCO5)c(=O)c(O)c3C(O)N12. The summed E-state index contributed by atoms with van der Waals surface area (Å²) in [6.07, 6.45) is -0.229. The Hall–Kier alpha value is -3.08. The van der Waals surface area contributed by atoms with Crippen LogP contribution in [0.5, 0.6) is 17.2 Å². The van der Waals surface area contributed by atoms with E-state index >= 15 is 0 Å². The van der Waals surface area contributed by atoms with Gasteiger partial charge in [0.1, 0.15) is 17.5 Å². The van der Waals surface area contributed by atoms with Gasteiger partial charge in [-0.05, 0) is 24.6 Å². The van der Waals surface area contributed by atoms with Crippen molar-refractivity contribution in [3.05, 3.63) is 51.4 Å². The minimum absolute atomic E-state index is 0.0575. The summed E-state index contributed by atoms with van der Waals surface area (Å²) in [5, 5.41) is 23.8. The maximum Gasteiger partial charge on any atom is 0.257 e. The molecule has 4 heterocycles. The van der Waals surface area contributed by atoms with Crippen LogP contribution >= 0.6 is 0 Å². The number of fused-ring (bicyclic) bond motifs is 3. The summed E-state index contributed by atoms with van der Waals surface area (Å²) in [6, 6.07) is 5.23. The van der Waals surface area contributed by atoms with E-state index in [1.165, 1.54) is 10.8 Å². The van der Waals surface area contributed by atoms with Crippen LogP contribution in [0.1, 0.15) is 34.8 Å². The molecule has 158 valence electrons. The first-order valence-corrected chi connectivity index (χ1v) is 9.64.